The molecule has 1 amide bonds. The van der Waals surface area contributed by atoms with E-state index in [0.717, 1.165) is 21.0 Å². The molecule has 4 rings (SSSR count). The van der Waals surface area contributed by atoms with Gasteiger partial charge in [0.15, 0.2) is 6.79 Å². The molecule has 0 fully saturated rings. The Kier molecular flexibility index (Phi) is 9.54. The van der Waals surface area contributed by atoms with Crippen LogP contribution in [0.2, 0.25) is 5.02 Å². The van der Waals surface area contributed by atoms with Crippen molar-refractivity contribution in [1.29, 1.82) is 0 Å². The SMILES string of the molecule is COCOc1ccc(C(CN(C(=O)OCc2ccccc2)S(=O)(=O)c2ccc(Cl)cc2)c2cccnc2)cc1. The topological polar surface area (TPSA) is 95.0 Å². The van der Waals surface area contributed by atoms with Gasteiger partial charge in [0.25, 0.3) is 10.0 Å². The molecule has 3 aromatic carbocycles. The third-order valence-corrected chi connectivity index (χ3v) is 7.87. The Balaban J connectivity index is 1.70. The van der Waals surface area contributed by atoms with Crippen LogP contribution < -0.4 is 4.74 Å². The molecule has 0 saturated heterocycles. The number of carbonyl (C=O) groups excluding carboxylic acids is 1. The van der Waals surface area contributed by atoms with E-state index in [1.807, 2.05) is 36.4 Å². The van der Waals surface area contributed by atoms with E-state index in [9.17, 15) is 13.2 Å². The van der Waals surface area contributed by atoms with Gasteiger partial charge < -0.3 is 14.2 Å². The van der Waals surface area contributed by atoms with Crippen molar-refractivity contribution in [1.82, 2.24) is 9.29 Å². The third-order valence-electron chi connectivity index (χ3n) is 5.87. The average Bonchev–Trinajstić information content (AvgIpc) is 2.97. The summed E-state index contributed by atoms with van der Waals surface area (Å²) in [6, 6.07) is 25.4. The Morgan fingerprint density at radius 2 is 1.64 bits per heavy atom. The van der Waals surface area contributed by atoms with Crippen molar-refractivity contribution in [3.8, 4) is 5.75 Å². The summed E-state index contributed by atoms with van der Waals surface area (Å²) < 4.78 is 44.3. The van der Waals surface area contributed by atoms with E-state index in [1.165, 1.54) is 31.4 Å². The predicted octanol–water partition coefficient (Wildman–Crippen LogP) is 5.88. The number of nitrogens with zero attached hydrogens (tertiary/aromatic N) is 2. The third kappa shape index (κ3) is 7.35. The highest BCUT2D eigenvalue weighted by atomic mass is 35.5. The zero-order chi connectivity index (χ0) is 27.7. The van der Waals surface area contributed by atoms with E-state index >= 15 is 0 Å². The number of rotatable bonds is 11. The summed E-state index contributed by atoms with van der Waals surface area (Å²) in [6.07, 6.45) is 2.27. The standard InChI is InChI=1S/C29H27ClN2O6S/c1-36-21-38-26-13-9-23(10-14-26)28(24-8-5-17-31-18-24)19-32(29(33)37-20-22-6-3-2-4-7-22)39(34,35)27-15-11-25(30)12-16-27/h2-18,28H,19-21H2,1H3. The van der Waals surface area contributed by atoms with Crippen LogP contribution in [0.25, 0.3) is 0 Å². The number of hydrogen-bond donors (Lipinski definition) is 0. The van der Waals surface area contributed by atoms with Crippen LogP contribution in [0.3, 0.4) is 0 Å². The van der Waals surface area contributed by atoms with E-state index in [1.54, 1.807) is 42.7 Å². The van der Waals surface area contributed by atoms with Gasteiger partial charge in [-0.3, -0.25) is 4.98 Å². The molecule has 1 heterocycles. The monoisotopic (exact) mass is 566 g/mol. The van der Waals surface area contributed by atoms with Crippen LogP contribution in [0.4, 0.5) is 4.79 Å². The molecule has 1 unspecified atom stereocenters. The Bertz CT molecular complexity index is 1450. The molecule has 39 heavy (non-hydrogen) atoms. The van der Waals surface area contributed by atoms with Gasteiger partial charge in [0.1, 0.15) is 12.4 Å². The smallest absolute Gasteiger partial charge is 0.424 e. The molecule has 202 valence electrons. The highest BCUT2D eigenvalue weighted by Crippen LogP contribution is 2.30. The molecule has 10 heteroatoms. The van der Waals surface area contributed by atoms with Gasteiger partial charge in [-0.25, -0.2) is 13.2 Å². The molecule has 0 N–H and O–H groups in total. The Morgan fingerprint density at radius 1 is 0.923 bits per heavy atom. The van der Waals surface area contributed by atoms with Gasteiger partial charge in [-0.15, -0.1) is 0 Å². The van der Waals surface area contributed by atoms with Crippen LogP contribution in [-0.2, 0) is 26.1 Å². The number of aromatic nitrogens is 1. The minimum absolute atomic E-state index is 0.0863. The number of carbonyl (C=O) groups is 1. The van der Waals surface area contributed by atoms with Crippen molar-refractivity contribution in [2.75, 3.05) is 20.4 Å². The predicted molar refractivity (Wildman–Crippen MR) is 147 cm³/mol. The number of sulfonamides is 1. The van der Waals surface area contributed by atoms with Crippen molar-refractivity contribution in [2.45, 2.75) is 17.4 Å². The number of pyridine rings is 1. The maximum absolute atomic E-state index is 13.8. The second-order valence-electron chi connectivity index (χ2n) is 8.49. The van der Waals surface area contributed by atoms with E-state index in [4.69, 9.17) is 25.8 Å². The van der Waals surface area contributed by atoms with E-state index in [0.29, 0.717) is 10.8 Å². The van der Waals surface area contributed by atoms with Crippen LogP contribution in [0.15, 0.2) is 108 Å². The normalized spacial score (nSPS) is 11.9. The van der Waals surface area contributed by atoms with Crippen LogP contribution >= 0.6 is 11.6 Å². The maximum atomic E-state index is 13.8. The summed E-state index contributed by atoms with van der Waals surface area (Å²) in [6.45, 7) is -0.232. The molecule has 0 aliphatic carbocycles. The largest absolute Gasteiger partial charge is 0.468 e. The lowest BCUT2D eigenvalue weighted by molar-refractivity contribution is 0.0511. The first-order valence-corrected chi connectivity index (χ1v) is 13.8. The molecule has 0 saturated carbocycles. The van der Waals surface area contributed by atoms with Gasteiger partial charge >= 0.3 is 6.09 Å². The first-order chi connectivity index (χ1) is 18.9. The summed E-state index contributed by atoms with van der Waals surface area (Å²) in [5, 5.41) is 0.371. The molecule has 0 bridgehead atoms. The molecule has 0 aliphatic rings. The zero-order valence-electron chi connectivity index (χ0n) is 21.1. The first-order valence-electron chi connectivity index (χ1n) is 12.0. The highest BCUT2D eigenvalue weighted by Gasteiger charge is 2.34. The second kappa shape index (κ2) is 13.2. The van der Waals surface area contributed by atoms with Gasteiger partial charge in [-0.05, 0) is 59.2 Å². The highest BCUT2D eigenvalue weighted by molar-refractivity contribution is 7.89. The number of halogens is 1. The van der Waals surface area contributed by atoms with Crippen molar-refractivity contribution >= 4 is 27.7 Å². The molecule has 0 radical (unpaired) electrons. The maximum Gasteiger partial charge on any atom is 0.424 e. The zero-order valence-corrected chi connectivity index (χ0v) is 22.7. The lowest BCUT2D eigenvalue weighted by Gasteiger charge is -2.27. The fourth-order valence-corrected chi connectivity index (χ4v) is 5.33. The van der Waals surface area contributed by atoms with Crippen LogP contribution in [0.1, 0.15) is 22.6 Å². The minimum Gasteiger partial charge on any atom is -0.468 e. The number of hydrogen-bond acceptors (Lipinski definition) is 7. The van der Waals surface area contributed by atoms with Crippen molar-refractivity contribution in [3.05, 3.63) is 125 Å². The molecule has 8 nitrogen and oxygen atoms in total. The molecule has 0 spiro atoms. The Hall–Kier alpha value is -3.92. The number of ether oxygens (including phenoxy) is 3. The average molecular weight is 567 g/mol. The quantitative estimate of drug-likeness (QED) is 0.209. The van der Waals surface area contributed by atoms with Crippen LogP contribution in [-0.4, -0.2) is 44.2 Å². The summed E-state index contributed by atoms with van der Waals surface area (Å²) >= 11 is 5.99. The molecular formula is C29H27ClN2O6S. The van der Waals surface area contributed by atoms with Crippen molar-refractivity contribution in [2.24, 2.45) is 0 Å². The molecule has 1 aromatic heterocycles. The lowest BCUT2D eigenvalue weighted by atomic mass is 9.92. The van der Waals surface area contributed by atoms with Gasteiger partial charge in [0.2, 0.25) is 0 Å². The number of methoxy groups -OCH3 is 1. The molecule has 1 atom stereocenters. The van der Waals surface area contributed by atoms with Gasteiger partial charge in [0.05, 0.1) is 11.4 Å². The number of benzene rings is 3. The fraction of sp³-hybridized carbons (Fsp3) is 0.172. The summed E-state index contributed by atoms with van der Waals surface area (Å²) in [7, 11) is -2.79. The summed E-state index contributed by atoms with van der Waals surface area (Å²) in [5.74, 6) is 0.0278. The van der Waals surface area contributed by atoms with Crippen LogP contribution in [0, 0.1) is 0 Å². The summed E-state index contributed by atoms with van der Waals surface area (Å²) in [4.78, 5) is 17.5. The molecular weight excluding hydrogens is 540 g/mol. The van der Waals surface area contributed by atoms with Gasteiger partial charge in [0, 0.05) is 30.4 Å². The van der Waals surface area contributed by atoms with Crippen molar-refractivity contribution in [3.63, 3.8) is 0 Å². The Morgan fingerprint density at radius 3 is 2.28 bits per heavy atom. The minimum atomic E-state index is -4.31. The fourth-order valence-electron chi connectivity index (χ4n) is 3.87. The van der Waals surface area contributed by atoms with Gasteiger partial charge in [-0.2, -0.15) is 4.31 Å². The van der Waals surface area contributed by atoms with Crippen molar-refractivity contribution < 1.29 is 27.4 Å². The van der Waals surface area contributed by atoms with E-state index in [-0.39, 0.29) is 24.8 Å². The molecule has 4 aromatic rings. The van der Waals surface area contributed by atoms with E-state index < -0.39 is 22.0 Å². The summed E-state index contributed by atoms with van der Waals surface area (Å²) in [5.41, 5.74) is 2.19. The lowest BCUT2D eigenvalue weighted by Crippen LogP contribution is -2.40. The Labute approximate surface area is 232 Å². The van der Waals surface area contributed by atoms with E-state index in [2.05, 4.69) is 4.98 Å². The molecule has 0 aliphatic heterocycles. The first kappa shape index (κ1) is 28.1. The second-order valence-corrected chi connectivity index (χ2v) is 10.8. The van der Waals surface area contributed by atoms with Crippen LogP contribution in [0.5, 0.6) is 5.75 Å². The number of amides is 1. The van der Waals surface area contributed by atoms with Gasteiger partial charge in [-0.1, -0.05) is 60.1 Å².